The number of carbonyl (C=O) groups is 5. The van der Waals surface area contributed by atoms with Gasteiger partial charge in [-0.25, -0.2) is 19.9 Å². The van der Waals surface area contributed by atoms with Gasteiger partial charge in [0.1, 0.15) is 18.7 Å². The van der Waals surface area contributed by atoms with Gasteiger partial charge in [-0.2, -0.15) is 0 Å². The van der Waals surface area contributed by atoms with Crippen molar-refractivity contribution in [2.45, 2.75) is 96.4 Å². The molecule has 2 aliphatic heterocycles. The number of carboxylic acid groups (broad SMARTS) is 1. The smallest absolute Gasteiger partial charge is 0.414 e. The number of ether oxygens (including phenoxy) is 2. The van der Waals surface area contributed by atoms with Crippen LogP contribution in [0.5, 0.6) is 11.5 Å². The summed E-state index contributed by atoms with van der Waals surface area (Å²) in [5.41, 5.74) is 12.3. The van der Waals surface area contributed by atoms with Crippen LogP contribution in [0, 0.1) is 5.92 Å². The molecule has 4 aromatic rings. The van der Waals surface area contributed by atoms with Gasteiger partial charge in [0.2, 0.25) is 5.91 Å². The quantitative estimate of drug-likeness (QED) is 0.0356. The maximum absolute atomic E-state index is 14.3. The molecular weight excluding hydrogens is 847 g/mol. The Morgan fingerprint density at radius 1 is 0.892 bits per heavy atom. The maximum Gasteiger partial charge on any atom is 0.414 e. The van der Waals surface area contributed by atoms with Crippen molar-refractivity contribution in [2.75, 3.05) is 24.0 Å². The Kier molecular flexibility index (Phi) is 13.0. The number of fused-ring (bicyclic) bond motifs is 5. The van der Waals surface area contributed by atoms with Crippen molar-refractivity contribution in [1.29, 1.82) is 0 Å². The third-order valence-corrected chi connectivity index (χ3v) is 17.4. The Morgan fingerprint density at radius 2 is 1.51 bits per heavy atom. The molecule has 65 heavy (non-hydrogen) atoms. The maximum atomic E-state index is 14.3. The lowest BCUT2D eigenvalue weighted by Crippen LogP contribution is -2.57. The molecule has 7 rings (SSSR count). The van der Waals surface area contributed by atoms with E-state index in [2.05, 4.69) is 16.2 Å². The molecule has 0 saturated carbocycles. The summed E-state index contributed by atoms with van der Waals surface area (Å²) in [4.78, 5) is 70.0. The Hall–Kier alpha value is -6.49. The van der Waals surface area contributed by atoms with Crippen LogP contribution >= 0.6 is 0 Å². The molecule has 342 valence electrons. The second-order valence-corrected chi connectivity index (χ2v) is 23.3. The van der Waals surface area contributed by atoms with Gasteiger partial charge in [0.15, 0.2) is 26.0 Å². The van der Waals surface area contributed by atoms with Gasteiger partial charge in [0.25, 0.3) is 11.7 Å². The van der Waals surface area contributed by atoms with Gasteiger partial charge in [-0.05, 0) is 89.0 Å². The minimum Gasteiger partial charge on any atom is -0.504 e. The molecule has 0 spiro atoms. The van der Waals surface area contributed by atoms with Crippen molar-refractivity contribution in [3.8, 4) is 22.6 Å². The first-order valence-corrected chi connectivity index (χ1v) is 24.6. The van der Waals surface area contributed by atoms with Gasteiger partial charge >= 0.3 is 12.1 Å². The number of nitrogens with one attached hydrogen (secondary N) is 3. The van der Waals surface area contributed by atoms with E-state index in [1.165, 1.54) is 24.1 Å². The van der Waals surface area contributed by atoms with E-state index < -0.39 is 68.2 Å². The van der Waals surface area contributed by atoms with Crippen molar-refractivity contribution in [1.82, 2.24) is 15.6 Å². The molecule has 2 heterocycles. The number of methoxy groups -OCH3 is 1. The fraction of sp³-hybridized carbons (Fsp3) is 0.367. The standard InChI is InChI=1S/C49H57N5O10Si/c1-27(2)42(43(56)47(59)63-26-37-34-16-12-10-14-32(34)33-15-11-13-17-35(33)37)50-44(57)28(3)51-52-31-20-18-29(19-21-31)30-22-39-46(64-65(8,9)49(4,5)6)54(48(60)61)38-24-40(55)41(62-7)23-36(38)45(58)53(39)25-30/h10-21,23-25,27-28,37,39,42,46,51-52,55H,22,26H2,1-9H3,(H,50,57)(H,60,61)/t28-,39+,42+,46+/m1/s1. The van der Waals surface area contributed by atoms with Gasteiger partial charge in [-0.1, -0.05) is 95.3 Å². The fourth-order valence-corrected chi connectivity index (χ4v) is 9.50. The molecule has 5 N–H and O–H groups in total. The number of anilines is 2. The highest BCUT2D eigenvalue weighted by molar-refractivity contribution is 6.74. The van der Waals surface area contributed by atoms with E-state index in [4.69, 9.17) is 13.9 Å². The third-order valence-electron chi connectivity index (χ3n) is 13.0. The zero-order valence-corrected chi connectivity index (χ0v) is 39.1. The molecular formula is C49H57N5O10Si. The van der Waals surface area contributed by atoms with Crippen LogP contribution in [-0.4, -0.2) is 91.2 Å². The lowest BCUT2D eigenvalue weighted by Gasteiger charge is -2.44. The number of esters is 1. The van der Waals surface area contributed by atoms with Crippen LogP contribution < -0.4 is 25.8 Å². The number of hydrogen-bond donors (Lipinski definition) is 5. The number of carbonyl (C=O) groups excluding carboxylic acids is 4. The zero-order chi connectivity index (χ0) is 47.1. The van der Waals surface area contributed by atoms with E-state index in [1.807, 2.05) is 94.5 Å². The van der Waals surface area contributed by atoms with Crippen LogP contribution in [0.25, 0.3) is 16.7 Å². The molecule has 1 aliphatic carbocycles. The Bertz CT molecular complexity index is 2510. The van der Waals surface area contributed by atoms with Gasteiger partial charge in [0, 0.05) is 23.9 Å². The number of Topliss-reactive ketones (excluding diaryl/α,β-unsaturated/α-hetero) is 1. The summed E-state index contributed by atoms with van der Waals surface area (Å²) in [5, 5.41) is 23.8. The number of benzene rings is 4. The number of nitrogens with zero attached hydrogens (tertiary/aromatic N) is 2. The van der Waals surface area contributed by atoms with E-state index in [0.717, 1.165) is 38.3 Å². The lowest BCUT2D eigenvalue weighted by atomic mass is 9.97. The summed E-state index contributed by atoms with van der Waals surface area (Å²) in [6, 6.07) is 23.0. The number of phenols is 1. The van der Waals surface area contributed by atoms with E-state index in [0.29, 0.717) is 5.69 Å². The van der Waals surface area contributed by atoms with Crippen LogP contribution in [0.3, 0.4) is 0 Å². The third kappa shape index (κ3) is 9.10. The summed E-state index contributed by atoms with van der Waals surface area (Å²) in [6.45, 7) is 15.2. The highest BCUT2D eigenvalue weighted by atomic mass is 28.4. The topological polar surface area (TPSA) is 196 Å². The van der Waals surface area contributed by atoms with E-state index in [-0.39, 0.29) is 46.7 Å². The summed E-state index contributed by atoms with van der Waals surface area (Å²) in [5.74, 6) is -3.75. The average molecular weight is 904 g/mol. The predicted molar refractivity (Wildman–Crippen MR) is 249 cm³/mol. The van der Waals surface area contributed by atoms with Crippen molar-refractivity contribution in [3.63, 3.8) is 0 Å². The van der Waals surface area contributed by atoms with E-state index in [9.17, 15) is 34.2 Å². The molecule has 4 atom stereocenters. The Balaban J connectivity index is 1.01. The molecule has 16 heteroatoms. The van der Waals surface area contributed by atoms with Crippen LogP contribution in [-0.2, 0) is 23.5 Å². The first-order valence-electron chi connectivity index (χ1n) is 21.7. The molecule has 3 aliphatic rings. The SMILES string of the molecule is COc1cc2c(cc1O)N(C(=O)O)[C@@H](O[Si](C)(C)C(C)(C)C)[C@@H]1CC(c3ccc(NN[C@H](C)C(=O)N[C@H](C(=O)C(=O)OCC4c5ccccc5-c5ccccc54)C(C)C)cc3)=CN1C2=O. The summed E-state index contributed by atoms with van der Waals surface area (Å²) in [6.07, 6.45) is -0.469. The lowest BCUT2D eigenvalue weighted by molar-refractivity contribution is -0.155. The second kappa shape index (κ2) is 18.2. The summed E-state index contributed by atoms with van der Waals surface area (Å²) >= 11 is 0. The number of hydrogen-bond acceptors (Lipinski definition) is 11. The first-order chi connectivity index (χ1) is 30.7. The number of amides is 3. The van der Waals surface area contributed by atoms with Gasteiger partial charge in [-0.3, -0.25) is 14.4 Å². The molecule has 0 fully saturated rings. The molecule has 0 bridgehead atoms. The van der Waals surface area contributed by atoms with E-state index >= 15 is 0 Å². The number of rotatable bonds is 14. The van der Waals surface area contributed by atoms with Crippen molar-refractivity contribution >= 4 is 54.9 Å². The molecule has 15 nitrogen and oxygen atoms in total. The van der Waals surface area contributed by atoms with Gasteiger partial charge in [0.05, 0.1) is 24.4 Å². The number of phenolic OH excluding ortho intramolecular Hbond substituents is 1. The summed E-state index contributed by atoms with van der Waals surface area (Å²) < 4.78 is 17.8. The molecule has 0 aromatic heterocycles. The zero-order valence-electron chi connectivity index (χ0n) is 38.1. The minimum atomic E-state index is -2.66. The molecule has 4 aromatic carbocycles. The average Bonchev–Trinajstić information content (AvgIpc) is 3.83. The van der Waals surface area contributed by atoms with E-state index in [1.54, 1.807) is 39.1 Å². The first kappa shape index (κ1) is 46.5. The van der Waals surface area contributed by atoms with Crippen molar-refractivity contribution < 1.29 is 48.1 Å². The fourth-order valence-electron chi connectivity index (χ4n) is 8.28. The highest BCUT2D eigenvalue weighted by Crippen LogP contribution is 2.47. The largest absolute Gasteiger partial charge is 0.504 e. The molecule has 0 radical (unpaired) electrons. The van der Waals surface area contributed by atoms with Crippen LogP contribution in [0.1, 0.15) is 80.9 Å². The Labute approximate surface area is 379 Å². The van der Waals surface area contributed by atoms with Crippen LogP contribution in [0.2, 0.25) is 18.1 Å². The molecule has 0 saturated heterocycles. The second-order valence-electron chi connectivity index (χ2n) is 18.6. The minimum absolute atomic E-state index is 0.00152. The Morgan fingerprint density at radius 3 is 2.08 bits per heavy atom. The number of ketones is 1. The monoisotopic (exact) mass is 903 g/mol. The van der Waals surface area contributed by atoms with Crippen molar-refractivity contribution in [3.05, 3.63) is 113 Å². The van der Waals surface area contributed by atoms with Crippen LogP contribution in [0.15, 0.2) is 91.1 Å². The van der Waals surface area contributed by atoms with Gasteiger partial charge < -0.3 is 39.8 Å². The van der Waals surface area contributed by atoms with Crippen molar-refractivity contribution in [2.24, 2.45) is 5.92 Å². The number of hydrazine groups is 1. The van der Waals surface area contributed by atoms with Crippen LogP contribution in [0.4, 0.5) is 16.2 Å². The molecule has 0 unspecified atom stereocenters. The summed E-state index contributed by atoms with van der Waals surface area (Å²) in [7, 11) is -1.31. The highest BCUT2D eigenvalue weighted by Gasteiger charge is 2.50. The normalized spacial score (nSPS) is 17.8. The molecule has 3 amide bonds. The van der Waals surface area contributed by atoms with Gasteiger partial charge in [-0.15, -0.1) is 0 Å². The predicted octanol–water partition coefficient (Wildman–Crippen LogP) is 7.87. The number of aromatic hydroxyl groups is 1.